The summed E-state index contributed by atoms with van der Waals surface area (Å²) in [4.78, 5) is 14.4. The first-order valence-electron chi connectivity index (χ1n) is 25.4. The predicted octanol–water partition coefficient (Wildman–Crippen LogP) is 6.91. The van der Waals surface area contributed by atoms with Gasteiger partial charge in [-0.05, 0) is 68.2 Å². The summed E-state index contributed by atoms with van der Waals surface area (Å²) in [5.74, 6) is -2.62. The van der Waals surface area contributed by atoms with Crippen molar-refractivity contribution in [3.05, 3.63) is 59.3 Å². The quantitative estimate of drug-likeness (QED) is 0.151. The van der Waals surface area contributed by atoms with Crippen LogP contribution in [0.5, 0.6) is 0 Å². The van der Waals surface area contributed by atoms with E-state index in [9.17, 15) is 20.3 Å². The molecule has 3 N–H and O–H groups in total. The minimum Gasteiger partial charge on any atom is -0.462 e. The molecular formula is C54H82N2O13. The van der Waals surface area contributed by atoms with Crippen LogP contribution < -0.4 is 5.32 Å². The summed E-state index contributed by atoms with van der Waals surface area (Å²) in [6.07, 6.45) is 8.80. The molecule has 4 fully saturated rings. The van der Waals surface area contributed by atoms with Crippen LogP contribution in [-0.2, 0) is 52.2 Å². The van der Waals surface area contributed by atoms with Crippen LogP contribution in [0.1, 0.15) is 115 Å². The lowest BCUT2D eigenvalue weighted by Crippen LogP contribution is -2.67. The van der Waals surface area contributed by atoms with Crippen LogP contribution in [0.2, 0.25) is 0 Å². The fourth-order valence-corrected chi connectivity index (χ4v) is 11.5. The standard InChI is InChI=1S/C54H82N2O13/c1-14-30(2)47-33(5)20-21-52(69-47)26-39-23-38(68-52)19-18-32(4)46(31(3)16-15-17-37-27-62-49-45(57)34(6)22-40(50(58)65-39)54(37,49)59)66-43-24-41(60-12)48(35(7)63-43)67-44-25-42(61-13)53(28-55,36(8)64-44)56-29-51(9,10)11/h15-18,20-22,30-31,33,35-36,38-49,56-57,59H,14,19,23-27,29H2,1-13H3/b16-15+,32-18+,37-17+/t30?,31-,33-,35-,36-,38+,39-,40-,41-,42-,43-,44-,45+,46-,47+,48-,49?,52+,53-,54+/m0/s1. The monoisotopic (exact) mass is 967 g/mol. The zero-order chi connectivity index (χ0) is 50.2. The van der Waals surface area contributed by atoms with Crippen LogP contribution in [0.15, 0.2) is 59.3 Å². The highest BCUT2D eigenvalue weighted by Crippen LogP contribution is 2.47. The molecule has 7 aliphatic rings. The number of rotatable bonds is 10. The number of hydrogen-bond acceptors (Lipinski definition) is 15. The molecule has 69 heavy (non-hydrogen) atoms. The number of nitriles is 1. The SMILES string of the molecule is CCC(C)[C@H]1O[C@]2(C=C[C@@H]1C)C[C@@H]1C[C@@H](C/C=C(\C)[C@@H](O[C@H]3C[C@H](OC)[C@@H](O[C@H]4C[C@H](OC)[C@@](C#N)(NCC(C)(C)C)[C@H](C)O4)[C@H](C)O3)[C@@H](C)/C=C/C=C3\COC4[C@H](O)C(C)=C[C@@H](C(=O)O1)[C@]34O)O2. The van der Waals surface area contributed by atoms with Gasteiger partial charge in [0.05, 0.1) is 55.4 Å². The van der Waals surface area contributed by atoms with Gasteiger partial charge < -0.3 is 57.6 Å². The molecule has 7 rings (SSSR count). The Kier molecular flexibility index (Phi) is 17.0. The molecule has 0 radical (unpaired) electrons. The van der Waals surface area contributed by atoms with Crippen molar-refractivity contribution in [2.45, 2.75) is 211 Å². The van der Waals surface area contributed by atoms with E-state index in [1.807, 2.05) is 39.0 Å². The first-order chi connectivity index (χ1) is 32.6. The number of aliphatic hydroxyl groups is 2. The van der Waals surface area contributed by atoms with Crippen molar-refractivity contribution in [2.24, 2.45) is 29.1 Å². The van der Waals surface area contributed by atoms with E-state index in [0.29, 0.717) is 43.4 Å². The Morgan fingerprint density at radius 2 is 1.71 bits per heavy atom. The van der Waals surface area contributed by atoms with Crippen LogP contribution in [0.4, 0.5) is 0 Å². The number of fused-ring (bicyclic) bond motifs is 2. The van der Waals surface area contributed by atoms with Gasteiger partial charge in [0.1, 0.15) is 35.9 Å². The third kappa shape index (κ3) is 11.2. The number of ether oxygens (including phenoxy) is 10. The molecule has 386 valence electrons. The Balaban J connectivity index is 1.15. The lowest BCUT2D eigenvalue weighted by Gasteiger charge is -2.48. The van der Waals surface area contributed by atoms with Gasteiger partial charge in [-0.1, -0.05) is 91.3 Å². The molecule has 0 aromatic rings. The molecule has 0 aromatic heterocycles. The Morgan fingerprint density at radius 1 is 0.971 bits per heavy atom. The topological polar surface area (TPSA) is 186 Å². The summed E-state index contributed by atoms with van der Waals surface area (Å²) < 4.78 is 65.1. The van der Waals surface area contributed by atoms with E-state index >= 15 is 0 Å². The second kappa shape index (κ2) is 21.7. The number of allylic oxidation sites excluding steroid dienone is 2. The maximum Gasteiger partial charge on any atom is 0.316 e. The molecular weight excluding hydrogens is 885 g/mol. The van der Waals surface area contributed by atoms with E-state index in [0.717, 1.165) is 12.0 Å². The zero-order valence-electron chi connectivity index (χ0n) is 43.3. The third-order valence-corrected chi connectivity index (χ3v) is 15.8. The van der Waals surface area contributed by atoms with Gasteiger partial charge in [-0.15, -0.1) is 0 Å². The summed E-state index contributed by atoms with van der Waals surface area (Å²) in [5.41, 5.74) is -1.02. The van der Waals surface area contributed by atoms with E-state index in [4.69, 9.17) is 47.4 Å². The van der Waals surface area contributed by atoms with Crippen molar-refractivity contribution >= 4 is 5.97 Å². The predicted molar refractivity (Wildman–Crippen MR) is 257 cm³/mol. The fraction of sp³-hybridized carbons (Fsp3) is 0.778. The molecule has 15 heteroatoms. The van der Waals surface area contributed by atoms with Crippen molar-refractivity contribution in [2.75, 3.05) is 27.4 Å². The summed E-state index contributed by atoms with van der Waals surface area (Å²) in [7, 11) is 3.27. The number of hydrogen-bond donors (Lipinski definition) is 3. The summed E-state index contributed by atoms with van der Waals surface area (Å²) in [6.45, 7) is 23.1. The summed E-state index contributed by atoms with van der Waals surface area (Å²) >= 11 is 0. The van der Waals surface area contributed by atoms with Gasteiger partial charge in [0.2, 0.25) is 0 Å². The average Bonchev–Trinajstić information content (AvgIpc) is 3.64. The number of carbonyl (C=O) groups is 1. The average molecular weight is 967 g/mol. The molecule has 6 aliphatic heterocycles. The number of nitrogens with zero attached hydrogens (tertiary/aromatic N) is 1. The van der Waals surface area contributed by atoms with Crippen LogP contribution in [0, 0.1) is 40.4 Å². The smallest absolute Gasteiger partial charge is 0.316 e. The fourth-order valence-electron chi connectivity index (χ4n) is 11.5. The molecule has 0 saturated carbocycles. The number of aliphatic hydroxyl groups excluding tert-OH is 1. The molecule has 4 saturated heterocycles. The van der Waals surface area contributed by atoms with Crippen molar-refractivity contribution in [1.29, 1.82) is 5.26 Å². The highest BCUT2D eigenvalue weighted by molar-refractivity contribution is 5.78. The third-order valence-electron chi connectivity index (χ3n) is 15.8. The number of nitrogens with one attached hydrogen (secondary N) is 1. The first-order valence-corrected chi connectivity index (χ1v) is 25.4. The van der Waals surface area contributed by atoms with E-state index < -0.39 is 102 Å². The van der Waals surface area contributed by atoms with Crippen LogP contribution in [0.25, 0.3) is 0 Å². The van der Waals surface area contributed by atoms with Gasteiger partial charge >= 0.3 is 5.97 Å². The van der Waals surface area contributed by atoms with Crippen molar-refractivity contribution in [3.63, 3.8) is 0 Å². The molecule has 0 amide bonds. The van der Waals surface area contributed by atoms with Gasteiger partial charge in [0.15, 0.2) is 23.9 Å². The normalized spacial score (nSPS) is 46.6. The van der Waals surface area contributed by atoms with Crippen molar-refractivity contribution in [1.82, 2.24) is 5.32 Å². The van der Waals surface area contributed by atoms with Gasteiger partial charge in [-0.3, -0.25) is 10.1 Å². The van der Waals surface area contributed by atoms with Gasteiger partial charge in [0, 0.05) is 58.3 Å². The summed E-state index contributed by atoms with van der Waals surface area (Å²) in [5, 5.41) is 37.8. The number of methoxy groups -OCH3 is 2. The molecule has 0 aromatic carbocycles. The molecule has 1 aliphatic carbocycles. The van der Waals surface area contributed by atoms with Crippen LogP contribution >= 0.6 is 0 Å². The molecule has 15 nitrogen and oxygen atoms in total. The molecule has 1 spiro atoms. The highest BCUT2D eigenvalue weighted by Gasteiger charge is 2.60. The minimum absolute atomic E-state index is 0.0245. The first kappa shape index (κ1) is 54.0. The van der Waals surface area contributed by atoms with Crippen molar-refractivity contribution in [3.8, 4) is 6.07 Å². The lowest BCUT2D eigenvalue weighted by molar-refractivity contribution is -0.315. The largest absolute Gasteiger partial charge is 0.462 e. The molecule has 2 bridgehead atoms. The minimum atomic E-state index is -1.85. The molecule has 20 atom stereocenters. The maximum atomic E-state index is 14.4. The van der Waals surface area contributed by atoms with Gasteiger partial charge in [-0.25, -0.2) is 0 Å². The van der Waals surface area contributed by atoms with Crippen LogP contribution in [-0.4, -0.2) is 140 Å². The maximum absolute atomic E-state index is 14.4. The zero-order valence-corrected chi connectivity index (χ0v) is 43.3. The molecule has 2 unspecified atom stereocenters. The van der Waals surface area contributed by atoms with E-state index in [1.165, 1.54) is 0 Å². The Bertz CT molecular complexity index is 2010. The second-order valence-corrected chi connectivity index (χ2v) is 22.2. The van der Waals surface area contributed by atoms with Crippen LogP contribution in [0.3, 0.4) is 0 Å². The Morgan fingerprint density at radius 3 is 2.39 bits per heavy atom. The van der Waals surface area contributed by atoms with Gasteiger partial charge in [0.25, 0.3) is 0 Å². The number of esters is 1. The number of carbonyl (C=O) groups excluding carboxylic acids is 1. The second-order valence-electron chi connectivity index (χ2n) is 22.2. The van der Waals surface area contributed by atoms with Crippen molar-refractivity contribution < 1.29 is 62.4 Å². The highest BCUT2D eigenvalue weighted by atomic mass is 16.7. The van der Waals surface area contributed by atoms with Gasteiger partial charge in [-0.2, -0.15) is 5.26 Å². The summed E-state index contributed by atoms with van der Waals surface area (Å²) in [6, 6.07) is 2.48. The van der Waals surface area contributed by atoms with E-state index in [1.54, 1.807) is 33.3 Å². The Hall–Kier alpha value is -2.82. The Labute approximate surface area is 410 Å². The van der Waals surface area contributed by atoms with E-state index in [-0.39, 0.29) is 42.3 Å². The molecule has 6 heterocycles. The van der Waals surface area contributed by atoms with E-state index in [2.05, 4.69) is 72.0 Å². The lowest BCUT2D eigenvalue weighted by atomic mass is 9.71.